The molecule has 0 aromatic carbocycles. The van der Waals surface area contributed by atoms with Crippen molar-refractivity contribution in [2.24, 2.45) is 12.0 Å². The van der Waals surface area contributed by atoms with Crippen molar-refractivity contribution in [1.29, 1.82) is 0 Å². The molecule has 23 heavy (non-hydrogen) atoms. The van der Waals surface area contributed by atoms with Crippen LogP contribution in [0.3, 0.4) is 0 Å². The number of guanidine groups is 1. The van der Waals surface area contributed by atoms with Gasteiger partial charge in [-0.05, 0) is 18.6 Å². The largest absolute Gasteiger partial charge is 0.356 e. The molecule has 5 nitrogen and oxygen atoms in total. The first-order valence-electron chi connectivity index (χ1n) is 7.59. The minimum Gasteiger partial charge on any atom is -0.356 e. The quantitative estimate of drug-likeness (QED) is 0.421. The third kappa shape index (κ3) is 5.80. The lowest BCUT2D eigenvalue weighted by Crippen LogP contribution is -2.39. The lowest BCUT2D eigenvalue weighted by atomic mass is 10.3. The van der Waals surface area contributed by atoms with Crippen LogP contribution in [0.2, 0.25) is 0 Å². The Kier molecular flexibility index (Phi) is 8.60. The van der Waals surface area contributed by atoms with Crippen LogP contribution in [0.1, 0.15) is 23.3 Å². The number of halogens is 1. The first-order valence-corrected chi connectivity index (χ1v) is 8.47. The Morgan fingerprint density at radius 2 is 2.26 bits per heavy atom. The maximum absolute atomic E-state index is 4.59. The van der Waals surface area contributed by atoms with E-state index in [-0.39, 0.29) is 24.0 Å². The van der Waals surface area contributed by atoms with Crippen molar-refractivity contribution >= 4 is 41.3 Å². The van der Waals surface area contributed by atoms with Crippen molar-refractivity contribution < 1.29 is 0 Å². The van der Waals surface area contributed by atoms with E-state index < -0.39 is 0 Å². The zero-order valence-electron chi connectivity index (χ0n) is 14.2. The Morgan fingerprint density at radius 3 is 2.83 bits per heavy atom. The van der Waals surface area contributed by atoms with E-state index in [0.29, 0.717) is 0 Å². The molecule has 0 radical (unpaired) electrons. The molecule has 0 atom stereocenters. The van der Waals surface area contributed by atoms with Crippen LogP contribution in [0.25, 0.3) is 0 Å². The molecule has 2 aromatic heterocycles. The summed E-state index contributed by atoms with van der Waals surface area (Å²) >= 11 is 1.74. The summed E-state index contributed by atoms with van der Waals surface area (Å²) in [6.07, 6.45) is 4.00. The normalized spacial score (nSPS) is 11.2. The maximum atomic E-state index is 4.59. The van der Waals surface area contributed by atoms with Gasteiger partial charge in [0.1, 0.15) is 0 Å². The number of thiazole rings is 1. The average Bonchev–Trinajstić information content (AvgIpc) is 3.13. The number of aliphatic imine (C=N–C) groups is 1. The standard InChI is InChI=1S/C16H25N5S.HI/c1-5-15-19-13(12-22-15)8-9-18-16(17-2)21(4)11-14-7-6-10-20(14)3;/h6-7,10,12H,5,8-9,11H2,1-4H3,(H,17,18);1H. The summed E-state index contributed by atoms with van der Waals surface area (Å²) in [7, 11) is 5.94. The Bertz CT molecular complexity index is 620. The second kappa shape index (κ2) is 9.92. The van der Waals surface area contributed by atoms with Gasteiger partial charge in [0.2, 0.25) is 0 Å². The van der Waals surface area contributed by atoms with Gasteiger partial charge in [0.15, 0.2) is 5.96 Å². The summed E-state index contributed by atoms with van der Waals surface area (Å²) in [5.74, 6) is 0.909. The molecule has 0 aliphatic carbocycles. The van der Waals surface area contributed by atoms with E-state index in [1.165, 1.54) is 10.7 Å². The number of aromatic nitrogens is 2. The minimum absolute atomic E-state index is 0. The van der Waals surface area contributed by atoms with Crippen molar-refractivity contribution in [2.75, 3.05) is 20.6 Å². The number of hydrogen-bond donors (Lipinski definition) is 1. The molecular weight excluding hydrogens is 421 g/mol. The first-order chi connectivity index (χ1) is 10.6. The van der Waals surface area contributed by atoms with Crippen LogP contribution in [-0.4, -0.2) is 41.1 Å². The lowest BCUT2D eigenvalue weighted by molar-refractivity contribution is 0.462. The molecule has 0 saturated carbocycles. The van der Waals surface area contributed by atoms with Gasteiger partial charge < -0.3 is 14.8 Å². The van der Waals surface area contributed by atoms with E-state index in [2.05, 4.69) is 69.5 Å². The molecule has 0 spiro atoms. The topological polar surface area (TPSA) is 45.5 Å². The zero-order valence-corrected chi connectivity index (χ0v) is 17.4. The van der Waals surface area contributed by atoms with Crippen molar-refractivity contribution in [3.63, 3.8) is 0 Å². The fourth-order valence-corrected chi connectivity index (χ4v) is 3.07. The molecule has 128 valence electrons. The summed E-state index contributed by atoms with van der Waals surface area (Å²) in [6, 6.07) is 4.19. The summed E-state index contributed by atoms with van der Waals surface area (Å²) in [6.45, 7) is 3.82. The number of aryl methyl sites for hydroxylation is 2. The Hall–Kier alpha value is -1.09. The fourth-order valence-electron chi connectivity index (χ4n) is 2.29. The number of nitrogens with zero attached hydrogens (tertiary/aromatic N) is 4. The van der Waals surface area contributed by atoms with E-state index in [9.17, 15) is 0 Å². The smallest absolute Gasteiger partial charge is 0.193 e. The molecule has 0 saturated heterocycles. The highest BCUT2D eigenvalue weighted by atomic mass is 127. The number of hydrogen-bond acceptors (Lipinski definition) is 3. The molecule has 2 rings (SSSR count). The third-order valence-electron chi connectivity index (χ3n) is 3.59. The van der Waals surface area contributed by atoms with Crippen LogP contribution in [0.4, 0.5) is 0 Å². The molecular formula is C16H26IN5S. The molecule has 0 fully saturated rings. The molecule has 0 unspecified atom stereocenters. The summed E-state index contributed by atoms with van der Waals surface area (Å²) in [4.78, 5) is 11.1. The number of nitrogens with one attached hydrogen (secondary N) is 1. The van der Waals surface area contributed by atoms with Crippen molar-refractivity contribution in [2.45, 2.75) is 26.3 Å². The monoisotopic (exact) mass is 447 g/mol. The second-order valence-corrected chi connectivity index (χ2v) is 6.22. The Balaban J connectivity index is 0.00000264. The summed E-state index contributed by atoms with van der Waals surface area (Å²) in [5.41, 5.74) is 2.42. The van der Waals surface area contributed by atoms with Gasteiger partial charge in [0.25, 0.3) is 0 Å². The minimum atomic E-state index is 0. The third-order valence-corrected chi connectivity index (χ3v) is 4.63. The highest BCUT2D eigenvalue weighted by molar-refractivity contribution is 14.0. The molecule has 0 aliphatic rings. The van der Waals surface area contributed by atoms with E-state index in [1.54, 1.807) is 11.3 Å². The molecule has 7 heteroatoms. The van der Waals surface area contributed by atoms with Gasteiger partial charge in [-0.3, -0.25) is 4.99 Å². The maximum Gasteiger partial charge on any atom is 0.193 e. The highest BCUT2D eigenvalue weighted by Gasteiger charge is 2.08. The van der Waals surface area contributed by atoms with E-state index in [0.717, 1.165) is 37.6 Å². The summed E-state index contributed by atoms with van der Waals surface area (Å²) < 4.78 is 2.13. The number of rotatable bonds is 6. The van der Waals surface area contributed by atoms with Crippen LogP contribution < -0.4 is 5.32 Å². The second-order valence-electron chi connectivity index (χ2n) is 5.28. The van der Waals surface area contributed by atoms with Crippen LogP contribution in [0.15, 0.2) is 28.7 Å². The molecule has 0 bridgehead atoms. The van der Waals surface area contributed by atoms with E-state index in [1.807, 2.05) is 7.05 Å². The SMILES string of the molecule is CCc1nc(CCNC(=NC)N(C)Cc2cccn2C)cs1.I. The van der Waals surface area contributed by atoms with Gasteiger partial charge in [-0.2, -0.15) is 0 Å². The van der Waals surface area contributed by atoms with E-state index >= 15 is 0 Å². The molecule has 2 aromatic rings. The lowest BCUT2D eigenvalue weighted by Gasteiger charge is -2.22. The summed E-state index contributed by atoms with van der Waals surface area (Å²) in [5, 5.41) is 6.77. The molecule has 0 amide bonds. The van der Waals surface area contributed by atoms with Crippen LogP contribution in [-0.2, 0) is 26.4 Å². The zero-order chi connectivity index (χ0) is 15.9. The van der Waals surface area contributed by atoms with Gasteiger partial charge in [-0.25, -0.2) is 4.98 Å². The van der Waals surface area contributed by atoms with Gasteiger partial charge in [0, 0.05) is 51.4 Å². The average molecular weight is 447 g/mol. The molecule has 0 aliphatic heterocycles. The highest BCUT2D eigenvalue weighted by Crippen LogP contribution is 2.10. The van der Waals surface area contributed by atoms with Crippen molar-refractivity contribution in [3.05, 3.63) is 40.1 Å². The predicted octanol–water partition coefficient (Wildman–Crippen LogP) is 2.91. The molecule has 1 N–H and O–H groups in total. The van der Waals surface area contributed by atoms with E-state index in [4.69, 9.17) is 0 Å². The van der Waals surface area contributed by atoms with Crippen LogP contribution in [0.5, 0.6) is 0 Å². The Labute approximate surface area is 159 Å². The van der Waals surface area contributed by atoms with Crippen molar-refractivity contribution in [1.82, 2.24) is 19.8 Å². The van der Waals surface area contributed by atoms with Crippen LogP contribution in [0, 0.1) is 0 Å². The van der Waals surface area contributed by atoms with Gasteiger partial charge in [-0.1, -0.05) is 6.92 Å². The Morgan fingerprint density at radius 1 is 1.48 bits per heavy atom. The van der Waals surface area contributed by atoms with Gasteiger partial charge in [0.05, 0.1) is 17.2 Å². The van der Waals surface area contributed by atoms with Crippen LogP contribution >= 0.6 is 35.3 Å². The fraction of sp³-hybridized carbons (Fsp3) is 0.500. The molecule has 2 heterocycles. The van der Waals surface area contributed by atoms with Gasteiger partial charge in [-0.15, -0.1) is 35.3 Å². The van der Waals surface area contributed by atoms with Crippen molar-refractivity contribution in [3.8, 4) is 0 Å². The predicted molar refractivity (Wildman–Crippen MR) is 109 cm³/mol. The van der Waals surface area contributed by atoms with Gasteiger partial charge >= 0.3 is 0 Å². The first kappa shape index (κ1) is 20.0.